The monoisotopic (exact) mass is 445 g/mol. The van der Waals surface area contributed by atoms with Gasteiger partial charge in [0.25, 0.3) is 0 Å². The van der Waals surface area contributed by atoms with Gasteiger partial charge in [0.1, 0.15) is 6.61 Å². The van der Waals surface area contributed by atoms with Crippen LogP contribution in [0.3, 0.4) is 0 Å². The molecular formula is C26H39NO5. The van der Waals surface area contributed by atoms with E-state index < -0.39 is 24.8 Å². The summed E-state index contributed by atoms with van der Waals surface area (Å²) in [5, 5.41) is 9.08. The van der Waals surface area contributed by atoms with Crippen LogP contribution < -0.4 is 5.73 Å². The van der Waals surface area contributed by atoms with E-state index in [0.717, 1.165) is 38.5 Å². The molecule has 0 fully saturated rings. The van der Waals surface area contributed by atoms with E-state index in [1.807, 2.05) is 12.2 Å². The summed E-state index contributed by atoms with van der Waals surface area (Å²) in [6, 6.07) is 0. The summed E-state index contributed by atoms with van der Waals surface area (Å²) < 4.78 is 9.51. The molecule has 3 N–H and O–H groups in total. The number of rotatable bonds is 18. The van der Waals surface area contributed by atoms with E-state index in [9.17, 15) is 9.59 Å². The second-order valence-electron chi connectivity index (χ2n) is 6.88. The number of esters is 1. The van der Waals surface area contributed by atoms with Crippen molar-refractivity contribution in [3.63, 3.8) is 0 Å². The third-order valence-corrected chi connectivity index (χ3v) is 4.02. The average molecular weight is 446 g/mol. The molecule has 0 spiro atoms. The van der Waals surface area contributed by atoms with E-state index >= 15 is 0 Å². The summed E-state index contributed by atoms with van der Waals surface area (Å²) in [6.07, 6.45) is 30.1. The lowest BCUT2D eigenvalue weighted by Crippen LogP contribution is -2.29. The van der Waals surface area contributed by atoms with Crippen molar-refractivity contribution in [3.05, 3.63) is 72.9 Å². The van der Waals surface area contributed by atoms with Crippen LogP contribution in [0, 0.1) is 0 Å². The zero-order valence-corrected chi connectivity index (χ0v) is 19.2. The van der Waals surface area contributed by atoms with Gasteiger partial charge in [-0.3, -0.25) is 4.79 Å². The van der Waals surface area contributed by atoms with Gasteiger partial charge in [-0.05, 0) is 44.9 Å². The number of carbonyl (C=O) groups excluding carboxylic acids is 2. The fraction of sp³-hybridized carbons (Fsp3) is 0.462. The number of nitrogens with two attached hydrogens (primary N) is 1. The van der Waals surface area contributed by atoms with Gasteiger partial charge in [0.05, 0.1) is 6.61 Å². The molecule has 0 saturated heterocycles. The third kappa shape index (κ3) is 21.8. The Balaban J connectivity index is 3.73. The number of ether oxygens (including phenoxy) is 2. The highest BCUT2D eigenvalue weighted by molar-refractivity contribution is 5.69. The van der Waals surface area contributed by atoms with Gasteiger partial charge >= 0.3 is 12.1 Å². The number of hydrogen-bond acceptors (Lipinski definition) is 5. The van der Waals surface area contributed by atoms with Crippen LogP contribution in [0.15, 0.2) is 72.9 Å². The topological polar surface area (TPSA) is 98.8 Å². The highest BCUT2D eigenvalue weighted by Crippen LogP contribution is 2.01. The second-order valence-corrected chi connectivity index (χ2v) is 6.88. The van der Waals surface area contributed by atoms with Crippen molar-refractivity contribution in [3.8, 4) is 0 Å². The second kappa shape index (κ2) is 22.8. The summed E-state index contributed by atoms with van der Waals surface area (Å²) in [7, 11) is 0. The van der Waals surface area contributed by atoms with Gasteiger partial charge in [0.2, 0.25) is 0 Å². The molecule has 32 heavy (non-hydrogen) atoms. The Labute approximate surface area is 192 Å². The first-order valence-corrected chi connectivity index (χ1v) is 11.2. The van der Waals surface area contributed by atoms with Gasteiger partial charge in [0.15, 0.2) is 6.10 Å². The molecule has 6 nitrogen and oxygen atoms in total. The first kappa shape index (κ1) is 29.1. The Morgan fingerprint density at radius 3 is 1.62 bits per heavy atom. The molecule has 0 radical (unpaired) electrons. The zero-order chi connectivity index (χ0) is 23.7. The molecule has 6 heteroatoms. The molecule has 0 aromatic rings. The molecule has 1 amide bonds. The lowest BCUT2D eigenvalue weighted by molar-refractivity contribution is -0.153. The lowest BCUT2D eigenvalue weighted by Gasteiger charge is -2.14. The Morgan fingerprint density at radius 1 is 0.781 bits per heavy atom. The zero-order valence-electron chi connectivity index (χ0n) is 19.2. The largest absolute Gasteiger partial charge is 0.456 e. The van der Waals surface area contributed by atoms with Crippen LogP contribution in [0.1, 0.15) is 58.3 Å². The van der Waals surface area contributed by atoms with Crippen molar-refractivity contribution in [1.29, 1.82) is 0 Å². The van der Waals surface area contributed by atoms with Gasteiger partial charge < -0.3 is 20.3 Å². The summed E-state index contributed by atoms with van der Waals surface area (Å²) in [5.74, 6) is -0.461. The van der Waals surface area contributed by atoms with Gasteiger partial charge in [-0.25, -0.2) is 4.79 Å². The number of amides is 1. The average Bonchev–Trinajstić information content (AvgIpc) is 2.78. The highest BCUT2D eigenvalue weighted by Gasteiger charge is 2.14. The smallest absolute Gasteiger partial charge is 0.404 e. The number of aliphatic hydroxyl groups excluding tert-OH is 1. The molecule has 0 aromatic carbocycles. The molecule has 1 unspecified atom stereocenters. The number of carbonyl (C=O) groups is 2. The highest BCUT2D eigenvalue weighted by atomic mass is 16.6. The Kier molecular flexibility index (Phi) is 20.8. The number of hydrogen-bond donors (Lipinski definition) is 2. The molecule has 0 aliphatic rings. The van der Waals surface area contributed by atoms with Crippen LogP contribution in [0.4, 0.5) is 4.79 Å². The first-order valence-electron chi connectivity index (χ1n) is 11.2. The fourth-order valence-corrected chi connectivity index (χ4v) is 2.38. The van der Waals surface area contributed by atoms with Crippen LogP contribution in [-0.4, -0.2) is 36.5 Å². The minimum Gasteiger partial charge on any atom is -0.456 e. The molecule has 1 atom stereocenters. The predicted octanol–water partition coefficient (Wildman–Crippen LogP) is 5.46. The van der Waals surface area contributed by atoms with Gasteiger partial charge in [-0.15, -0.1) is 0 Å². The summed E-state index contributed by atoms with van der Waals surface area (Å²) in [6.45, 7) is 1.45. The maximum absolute atomic E-state index is 11.7. The molecule has 0 bridgehead atoms. The minimum absolute atomic E-state index is 0.190. The van der Waals surface area contributed by atoms with Gasteiger partial charge in [-0.1, -0.05) is 79.8 Å². The van der Waals surface area contributed by atoms with E-state index in [2.05, 4.69) is 72.4 Å². The number of aliphatic hydroxyl groups is 1. The normalized spacial score (nSPS) is 13.4. The van der Waals surface area contributed by atoms with Crippen LogP contribution in [-0.2, 0) is 14.3 Å². The molecular weight excluding hydrogens is 406 g/mol. The maximum Gasteiger partial charge on any atom is 0.404 e. The predicted molar refractivity (Wildman–Crippen MR) is 130 cm³/mol. The summed E-state index contributed by atoms with van der Waals surface area (Å²) in [5.41, 5.74) is 4.83. The quantitative estimate of drug-likeness (QED) is 0.215. The van der Waals surface area contributed by atoms with Crippen LogP contribution in [0.25, 0.3) is 0 Å². The van der Waals surface area contributed by atoms with Crippen molar-refractivity contribution in [2.75, 3.05) is 13.2 Å². The van der Waals surface area contributed by atoms with E-state index in [-0.39, 0.29) is 13.0 Å². The minimum atomic E-state index is -0.975. The number of allylic oxidation sites excluding steroid dienone is 12. The third-order valence-electron chi connectivity index (χ3n) is 4.02. The maximum atomic E-state index is 11.7. The molecule has 0 aliphatic carbocycles. The Morgan fingerprint density at radius 2 is 1.22 bits per heavy atom. The van der Waals surface area contributed by atoms with Crippen LogP contribution in [0.2, 0.25) is 0 Å². The van der Waals surface area contributed by atoms with E-state index in [0.29, 0.717) is 6.42 Å². The van der Waals surface area contributed by atoms with E-state index in [1.165, 1.54) is 0 Å². The van der Waals surface area contributed by atoms with Crippen LogP contribution >= 0.6 is 0 Å². The van der Waals surface area contributed by atoms with E-state index in [4.69, 9.17) is 15.6 Å². The first-order chi connectivity index (χ1) is 15.6. The van der Waals surface area contributed by atoms with Crippen molar-refractivity contribution in [2.24, 2.45) is 5.73 Å². The molecule has 178 valence electrons. The molecule has 0 aliphatic heterocycles. The Hall–Kier alpha value is -2.86. The summed E-state index contributed by atoms with van der Waals surface area (Å²) in [4.78, 5) is 22.2. The van der Waals surface area contributed by atoms with Crippen molar-refractivity contribution in [1.82, 2.24) is 0 Å². The lowest BCUT2D eigenvalue weighted by atomic mass is 10.2. The SMILES string of the molecule is CC/C=C\C/C=C\C/C=C\C/C=C\C/C=C\C/C=C\CCC(=O)OC(CO)COC(N)=O. The molecule has 0 heterocycles. The molecule has 0 aromatic heterocycles. The Bertz CT molecular complexity index is 659. The van der Waals surface area contributed by atoms with Crippen molar-refractivity contribution in [2.45, 2.75) is 64.4 Å². The number of primary amides is 1. The summed E-state index contributed by atoms with van der Waals surface area (Å²) >= 11 is 0. The fourth-order valence-electron chi connectivity index (χ4n) is 2.38. The van der Waals surface area contributed by atoms with Crippen molar-refractivity contribution >= 4 is 12.1 Å². The van der Waals surface area contributed by atoms with Gasteiger partial charge in [-0.2, -0.15) is 0 Å². The van der Waals surface area contributed by atoms with Crippen molar-refractivity contribution < 1.29 is 24.2 Å². The molecule has 0 rings (SSSR count). The molecule has 0 saturated carbocycles. The van der Waals surface area contributed by atoms with E-state index in [1.54, 1.807) is 0 Å². The van der Waals surface area contributed by atoms with Gasteiger partial charge in [0, 0.05) is 6.42 Å². The van der Waals surface area contributed by atoms with Crippen LogP contribution in [0.5, 0.6) is 0 Å². The standard InChI is InChI=1S/C26H39NO5/c1-2-3-4-5-6-7-8-9-10-11-12-13-14-15-16-17-18-19-20-21-25(29)32-24(22-28)23-31-26(27)30/h3-4,6-7,9-10,12-13,15-16,18-19,24,28H,2,5,8,11,14,17,20-23H2,1H3,(H2,27,30)/b4-3-,7-6-,10-9-,13-12-,16-15-,19-18-.